The molecule has 0 spiro atoms. The van der Waals surface area contributed by atoms with Crippen LogP contribution in [0.4, 0.5) is 5.69 Å². The average molecular weight is 677 g/mol. The highest BCUT2D eigenvalue weighted by Crippen LogP contribution is 2.33. The first-order valence-corrected chi connectivity index (χ1v) is 16.8. The molecule has 42 heavy (non-hydrogen) atoms. The van der Waals surface area contributed by atoms with Gasteiger partial charge in [-0.15, -0.1) is 0 Å². The van der Waals surface area contributed by atoms with Gasteiger partial charge in [-0.1, -0.05) is 82.8 Å². The van der Waals surface area contributed by atoms with Crippen LogP contribution in [0.3, 0.4) is 0 Å². The molecule has 3 aromatic carbocycles. The second kappa shape index (κ2) is 14.4. The molecule has 2 amide bonds. The van der Waals surface area contributed by atoms with Gasteiger partial charge in [-0.05, 0) is 54.3 Å². The Kier molecular flexibility index (Phi) is 10.9. The standard InChI is InChI=1S/C31H35BrClN3O5S/c1-41-29-17-16-25(33)19-27(29)36(42(2,39)40)21-30(37)35(20-23-12-14-24(32)15-13-23)28(18-22-8-4-3-5-9-22)31(38)34-26-10-6-7-11-26/h3-5,8-9,12-17,19,26,28H,6-7,10-11,18,20-21H2,1-2H3,(H,34,38). The van der Waals surface area contributed by atoms with Gasteiger partial charge in [0.2, 0.25) is 21.8 Å². The molecule has 224 valence electrons. The molecule has 1 saturated carbocycles. The number of methoxy groups -OCH3 is 1. The van der Waals surface area contributed by atoms with Crippen LogP contribution in [0.15, 0.2) is 77.3 Å². The number of amides is 2. The van der Waals surface area contributed by atoms with Crippen molar-refractivity contribution in [1.82, 2.24) is 10.2 Å². The fourth-order valence-corrected chi connectivity index (χ4v) is 6.44. The number of carbonyl (C=O) groups is 2. The molecule has 0 saturated heterocycles. The van der Waals surface area contributed by atoms with Crippen LogP contribution in [0.5, 0.6) is 5.75 Å². The topological polar surface area (TPSA) is 96.0 Å². The Labute approximate surface area is 261 Å². The second-order valence-corrected chi connectivity index (χ2v) is 13.7. The summed E-state index contributed by atoms with van der Waals surface area (Å²) in [6.45, 7) is -0.444. The third kappa shape index (κ3) is 8.49. The van der Waals surface area contributed by atoms with Crippen LogP contribution in [0.2, 0.25) is 5.02 Å². The average Bonchev–Trinajstić information content (AvgIpc) is 3.47. The number of ether oxygens (including phenoxy) is 1. The predicted molar refractivity (Wildman–Crippen MR) is 169 cm³/mol. The van der Waals surface area contributed by atoms with Crippen molar-refractivity contribution in [1.29, 1.82) is 0 Å². The first-order chi connectivity index (χ1) is 20.0. The van der Waals surface area contributed by atoms with Gasteiger partial charge < -0.3 is 15.0 Å². The zero-order valence-electron chi connectivity index (χ0n) is 23.6. The molecule has 1 N–H and O–H groups in total. The van der Waals surface area contributed by atoms with E-state index < -0.39 is 28.5 Å². The van der Waals surface area contributed by atoms with E-state index in [1.54, 1.807) is 12.1 Å². The molecule has 0 aliphatic heterocycles. The molecule has 8 nitrogen and oxygen atoms in total. The van der Waals surface area contributed by atoms with Crippen molar-refractivity contribution < 1.29 is 22.7 Å². The molecule has 11 heteroatoms. The number of anilines is 1. The Morgan fingerprint density at radius 3 is 2.31 bits per heavy atom. The molecule has 0 bridgehead atoms. The van der Waals surface area contributed by atoms with E-state index in [0.29, 0.717) is 0 Å². The molecule has 3 aromatic rings. The summed E-state index contributed by atoms with van der Waals surface area (Å²) >= 11 is 9.67. The van der Waals surface area contributed by atoms with E-state index in [0.717, 1.165) is 51.8 Å². The first kappa shape index (κ1) is 31.8. The van der Waals surface area contributed by atoms with Crippen LogP contribution in [0, 0.1) is 0 Å². The Balaban J connectivity index is 1.75. The van der Waals surface area contributed by atoms with Crippen LogP contribution >= 0.6 is 27.5 Å². The van der Waals surface area contributed by atoms with E-state index >= 15 is 0 Å². The van der Waals surface area contributed by atoms with Crippen molar-refractivity contribution in [3.63, 3.8) is 0 Å². The maximum Gasteiger partial charge on any atom is 0.244 e. The van der Waals surface area contributed by atoms with E-state index in [-0.39, 0.29) is 41.4 Å². The maximum atomic E-state index is 14.3. The van der Waals surface area contributed by atoms with Crippen LogP contribution in [0.1, 0.15) is 36.8 Å². The Hall–Kier alpha value is -3.08. The Morgan fingerprint density at radius 1 is 1.02 bits per heavy atom. The van der Waals surface area contributed by atoms with Crippen LogP contribution < -0.4 is 14.4 Å². The summed E-state index contributed by atoms with van der Waals surface area (Å²) in [6.07, 6.45) is 5.15. The molecule has 1 atom stereocenters. The highest BCUT2D eigenvalue weighted by molar-refractivity contribution is 9.10. The monoisotopic (exact) mass is 675 g/mol. The van der Waals surface area contributed by atoms with E-state index in [4.69, 9.17) is 16.3 Å². The number of sulfonamides is 1. The number of hydrogen-bond donors (Lipinski definition) is 1. The molecule has 0 heterocycles. The number of halogens is 2. The van der Waals surface area contributed by atoms with Crippen LogP contribution in [-0.2, 0) is 32.6 Å². The minimum Gasteiger partial charge on any atom is -0.495 e. The van der Waals surface area contributed by atoms with Crippen molar-refractivity contribution in [3.05, 3.63) is 93.4 Å². The largest absolute Gasteiger partial charge is 0.495 e. The zero-order valence-corrected chi connectivity index (χ0v) is 26.8. The SMILES string of the molecule is COc1ccc(Cl)cc1N(CC(=O)N(Cc1ccc(Br)cc1)C(Cc1ccccc1)C(=O)NC1CCCC1)S(C)(=O)=O. The summed E-state index contributed by atoms with van der Waals surface area (Å²) in [7, 11) is -2.54. The number of nitrogens with zero attached hydrogens (tertiary/aromatic N) is 2. The lowest BCUT2D eigenvalue weighted by Crippen LogP contribution is -2.54. The van der Waals surface area contributed by atoms with Gasteiger partial charge in [-0.2, -0.15) is 0 Å². The van der Waals surface area contributed by atoms with Crippen molar-refractivity contribution in [2.75, 3.05) is 24.2 Å². The molecule has 1 aliphatic carbocycles. The smallest absolute Gasteiger partial charge is 0.244 e. The minimum atomic E-state index is -3.96. The second-order valence-electron chi connectivity index (χ2n) is 10.4. The number of hydrogen-bond acceptors (Lipinski definition) is 5. The van der Waals surface area contributed by atoms with Gasteiger partial charge in [0.25, 0.3) is 0 Å². The zero-order chi connectivity index (χ0) is 30.3. The molecule has 1 unspecified atom stereocenters. The fraction of sp³-hybridized carbons (Fsp3) is 0.355. The van der Waals surface area contributed by atoms with Crippen LogP contribution in [0.25, 0.3) is 0 Å². The third-order valence-corrected chi connectivity index (χ3v) is 9.22. The summed E-state index contributed by atoms with van der Waals surface area (Å²) in [5, 5.41) is 3.45. The van der Waals surface area contributed by atoms with Crippen molar-refractivity contribution in [2.45, 2.75) is 50.7 Å². The number of nitrogens with one attached hydrogen (secondary N) is 1. The number of rotatable bonds is 12. The van der Waals surface area contributed by atoms with Gasteiger partial charge in [0, 0.05) is 28.5 Å². The van der Waals surface area contributed by atoms with E-state index in [1.165, 1.54) is 18.1 Å². The van der Waals surface area contributed by atoms with Crippen molar-refractivity contribution >= 4 is 55.1 Å². The lowest BCUT2D eigenvalue weighted by molar-refractivity contribution is -0.140. The molecule has 0 radical (unpaired) electrons. The van der Waals surface area contributed by atoms with E-state index in [2.05, 4.69) is 21.2 Å². The normalized spacial score (nSPS) is 14.3. The Morgan fingerprint density at radius 2 is 1.69 bits per heavy atom. The van der Waals surface area contributed by atoms with Crippen molar-refractivity contribution in [2.24, 2.45) is 0 Å². The molecule has 1 fully saturated rings. The lowest BCUT2D eigenvalue weighted by atomic mass is 10.0. The fourth-order valence-electron chi connectivity index (χ4n) is 5.16. The molecule has 0 aromatic heterocycles. The maximum absolute atomic E-state index is 14.3. The third-order valence-electron chi connectivity index (χ3n) is 7.33. The number of carbonyl (C=O) groups excluding carboxylic acids is 2. The molecular weight excluding hydrogens is 642 g/mol. The number of benzene rings is 3. The van der Waals surface area contributed by atoms with Gasteiger partial charge in [0.15, 0.2) is 0 Å². The quantitative estimate of drug-likeness (QED) is 0.271. The predicted octanol–water partition coefficient (Wildman–Crippen LogP) is 5.58. The van der Waals surface area contributed by atoms with Gasteiger partial charge in [-0.3, -0.25) is 13.9 Å². The summed E-state index contributed by atoms with van der Waals surface area (Å²) in [5.41, 5.74) is 1.82. The van der Waals surface area contributed by atoms with Gasteiger partial charge >= 0.3 is 0 Å². The first-order valence-electron chi connectivity index (χ1n) is 13.7. The minimum absolute atomic E-state index is 0.0450. The summed E-state index contributed by atoms with van der Waals surface area (Å²) < 4.78 is 33.4. The summed E-state index contributed by atoms with van der Waals surface area (Å²) in [6, 6.07) is 20.7. The highest BCUT2D eigenvalue weighted by atomic mass is 79.9. The highest BCUT2D eigenvalue weighted by Gasteiger charge is 2.35. The van der Waals surface area contributed by atoms with E-state index in [9.17, 15) is 18.0 Å². The van der Waals surface area contributed by atoms with Gasteiger partial charge in [0.1, 0.15) is 18.3 Å². The molecular formula is C31H35BrClN3O5S. The van der Waals surface area contributed by atoms with Gasteiger partial charge in [0.05, 0.1) is 19.1 Å². The summed E-state index contributed by atoms with van der Waals surface area (Å²) in [5.74, 6) is -0.549. The van der Waals surface area contributed by atoms with Crippen molar-refractivity contribution in [3.8, 4) is 5.75 Å². The molecule has 4 rings (SSSR count). The van der Waals surface area contributed by atoms with Gasteiger partial charge in [-0.25, -0.2) is 8.42 Å². The Bertz CT molecular complexity index is 1480. The molecule has 1 aliphatic rings. The van der Waals surface area contributed by atoms with E-state index in [1.807, 2.05) is 54.6 Å². The van der Waals surface area contributed by atoms with Crippen LogP contribution in [-0.4, -0.2) is 57.1 Å². The summed E-state index contributed by atoms with van der Waals surface area (Å²) in [4.78, 5) is 29.7. The lowest BCUT2D eigenvalue weighted by Gasteiger charge is -2.34.